The minimum atomic E-state index is 0.745. The minimum Gasteiger partial charge on any atom is -0.353 e. The molecule has 0 spiro atoms. The van der Waals surface area contributed by atoms with E-state index in [9.17, 15) is 0 Å². The van der Waals surface area contributed by atoms with Gasteiger partial charge in [-0.1, -0.05) is 0 Å². The summed E-state index contributed by atoms with van der Waals surface area (Å²) < 4.78 is 4.25. The van der Waals surface area contributed by atoms with Crippen LogP contribution in [0.1, 0.15) is 5.82 Å². The van der Waals surface area contributed by atoms with Gasteiger partial charge in [0.05, 0.1) is 0 Å². The summed E-state index contributed by atoms with van der Waals surface area (Å²) in [7, 11) is 3.91. The fourth-order valence-corrected chi connectivity index (χ4v) is 3.00. The number of aromatic nitrogens is 4. The highest BCUT2D eigenvalue weighted by Crippen LogP contribution is 2.21. The van der Waals surface area contributed by atoms with E-state index < -0.39 is 0 Å². The van der Waals surface area contributed by atoms with Gasteiger partial charge in [-0.15, -0.1) is 0 Å². The number of piperazine rings is 1. The summed E-state index contributed by atoms with van der Waals surface area (Å²) in [5.41, 5.74) is 0. The van der Waals surface area contributed by atoms with Crippen molar-refractivity contribution in [2.24, 2.45) is 0 Å². The van der Waals surface area contributed by atoms with Gasteiger partial charge in [-0.25, -0.2) is 9.97 Å². The maximum absolute atomic E-state index is 4.59. The number of rotatable bonds is 3. The average molecular weight is 305 g/mol. The van der Waals surface area contributed by atoms with Crippen molar-refractivity contribution in [3.8, 4) is 0 Å². The second kappa shape index (κ2) is 5.80. The van der Waals surface area contributed by atoms with E-state index in [0.29, 0.717) is 0 Å². The van der Waals surface area contributed by atoms with Crippen LogP contribution >= 0.6 is 11.5 Å². The maximum atomic E-state index is 4.59. The molecule has 2 aromatic heterocycles. The van der Waals surface area contributed by atoms with Crippen LogP contribution in [0, 0.1) is 6.92 Å². The number of hydrogen-bond donors (Lipinski definition) is 0. The molecule has 1 aliphatic heterocycles. The third-order valence-corrected chi connectivity index (χ3v) is 4.29. The van der Waals surface area contributed by atoms with Crippen LogP contribution in [0.4, 0.5) is 16.9 Å². The first-order chi connectivity index (χ1) is 10.1. The zero-order valence-corrected chi connectivity index (χ0v) is 13.3. The minimum absolute atomic E-state index is 0.745. The summed E-state index contributed by atoms with van der Waals surface area (Å²) in [4.78, 5) is 19.8. The van der Waals surface area contributed by atoms with Crippen LogP contribution < -0.4 is 14.7 Å². The molecule has 1 aliphatic rings. The van der Waals surface area contributed by atoms with E-state index in [4.69, 9.17) is 0 Å². The van der Waals surface area contributed by atoms with Gasteiger partial charge in [-0.2, -0.15) is 9.36 Å². The van der Waals surface area contributed by atoms with E-state index in [-0.39, 0.29) is 0 Å². The van der Waals surface area contributed by atoms with Crippen molar-refractivity contribution >= 4 is 28.4 Å². The van der Waals surface area contributed by atoms with Gasteiger partial charge >= 0.3 is 0 Å². The molecule has 8 heteroatoms. The average Bonchev–Trinajstić information content (AvgIpc) is 2.94. The zero-order chi connectivity index (χ0) is 14.8. The van der Waals surface area contributed by atoms with E-state index in [1.165, 1.54) is 11.5 Å². The summed E-state index contributed by atoms with van der Waals surface area (Å²) in [6.07, 6.45) is 1.82. The summed E-state index contributed by atoms with van der Waals surface area (Å²) in [6.45, 7) is 5.68. The van der Waals surface area contributed by atoms with Gasteiger partial charge in [0.1, 0.15) is 11.6 Å². The zero-order valence-electron chi connectivity index (χ0n) is 12.5. The lowest BCUT2D eigenvalue weighted by Gasteiger charge is -2.35. The molecule has 0 N–H and O–H groups in total. The van der Waals surface area contributed by atoms with E-state index >= 15 is 0 Å². The number of hydrogen-bond acceptors (Lipinski definition) is 8. The monoisotopic (exact) mass is 305 g/mol. The van der Waals surface area contributed by atoms with E-state index in [1.807, 2.05) is 38.2 Å². The first kappa shape index (κ1) is 14.0. The van der Waals surface area contributed by atoms with Gasteiger partial charge in [0.25, 0.3) is 0 Å². The molecule has 2 aromatic rings. The Hall–Kier alpha value is -1.96. The molecule has 3 heterocycles. The quantitative estimate of drug-likeness (QED) is 0.839. The van der Waals surface area contributed by atoms with Crippen LogP contribution in [-0.4, -0.2) is 59.6 Å². The van der Waals surface area contributed by atoms with Crippen molar-refractivity contribution < 1.29 is 0 Å². The second-order valence-corrected chi connectivity index (χ2v) is 5.94. The van der Waals surface area contributed by atoms with Crippen molar-refractivity contribution in [3.63, 3.8) is 0 Å². The van der Waals surface area contributed by atoms with Crippen LogP contribution in [0.3, 0.4) is 0 Å². The highest BCUT2D eigenvalue weighted by Gasteiger charge is 2.20. The molecule has 1 saturated heterocycles. The van der Waals surface area contributed by atoms with Crippen molar-refractivity contribution in [1.82, 2.24) is 19.3 Å². The van der Waals surface area contributed by atoms with Crippen LogP contribution in [0.25, 0.3) is 0 Å². The van der Waals surface area contributed by atoms with E-state index in [1.54, 1.807) is 0 Å². The number of anilines is 3. The lowest BCUT2D eigenvalue weighted by Crippen LogP contribution is -2.46. The molecule has 0 aliphatic carbocycles. The lowest BCUT2D eigenvalue weighted by atomic mass is 10.3. The molecule has 0 aromatic carbocycles. The van der Waals surface area contributed by atoms with E-state index in [0.717, 1.165) is 48.9 Å². The SMILES string of the molecule is Cc1nsc(N2CCN(c3ccnc(N(C)C)n3)CC2)n1. The van der Waals surface area contributed by atoms with Crippen LogP contribution in [0.5, 0.6) is 0 Å². The highest BCUT2D eigenvalue weighted by atomic mass is 32.1. The first-order valence-corrected chi connectivity index (χ1v) is 7.71. The fraction of sp³-hybridized carbons (Fsp3) is 0.538. The third kappa shape index (κ3) is 3.05. The fourth-order valence-electron chi connectivity index (χ4n) is 2.27. The van der Waals surface area contributed by atoms with Crippen LogP contribution in [-0.2, 0) is 0 Å². The van der Waals surface area contributed by atoms with E-state index in [2.05, 4.69) is 29.1 Å². The topological polar surface area (TPSA) is 61.3 Å². The van der Waals surface area contributed by atoms with Gasteiger partial charge < -0.3 is 14.7 Å². The Labute approximate surface area is 128 Å². The Morgan fingerprint density at radius 1 is 1.10 bits per heavy atom. The summed E-state index contributed by atoms with van der Waals surface area (Å²) in [5.74, 6) is 2.58. The Balaban J connectivity index is 1.67. The Morgan fingerprint density at radius 2 is 1.81 bits per heavy atom. The highest BCUT2D eigenvalue weighted by molar-refractivity contribution is 7.09. The summed E-state index contributed by atoms with van der Waals surface area (Å²) in [6, 6.07) is 1.97. The smallest absolute Gasteiger partial charge is 0.226 e. The number of nitrogens with zero attached hydrogens (tertiary/aromatic N) is 7. The molecule has 0 saturated carbocycles. The van der Waals surface area contributed by atoms with Gasteiger partial charge in [0.2, 0.25) is 11.1 Å². The number of aryl methyl sites for hydroxylation is 1. The molecule has 112 valence electrons. The maximum Gasteiger partial charge on any atom is 0.226 e. The van der Waals surface area contributed by atoms with Gasteiger partial charge in [0.15, 0.2) is 0 Å². The van der Waals surface area contributed by atoms with Gasteiger partial charge in [-0.3, -0.25) is 0 Å². The second-order valence-electron chi connectivity index (χ2n) is 5.21. The van der Waals surface area contributed by atoms with Crippen LogP contribution in [0.2, 0.25) is 0 Å². The molecule has 3 rings (SSSR count). The first-order valence-electron chi connectivity index (χ1n) is 6.94. The Kier molecular flexibility index (Phi) is 3.87. The lowest BCUT2D eigenvalue weighted by molar-refractivity contribution is 0.644. The predicted molar refractivity (Wildman–Crippen MR) is 85.4 cm³/mol. The van der Waals surface area contributed by atoms with Crippen LogP contribution in [0.15, 0.2) is 12.3 Å². The van der Waals surface area contributed by atoms with Crippen molar-refractivity contribution in [3.05, 3.63) is 18.1 Å². The normalized spacial score (nSPS) is 15.4. The van der Waals surface area contributed by atoms with Gasteiger partial charge in [-0.05, 0) is 13.0 Å². The standard InChI is InChI=1S/C13H19N7S/c1-10-15-13(21-17-10)20-8-6-19(7-9-20)11-4-5-14-12(16-11)18(2)3/h4-5H,6-9H2,1-3H3. The van der Waals surface area contributed by atoms with Crippen molar-refractivity contribution in [2.75, 3.05) is 55.0 Å². The summed E-state index contributed by atoms with van der Waals surface area (Å²) >= 11 is 1.47. The van der Waals surface area contributed by atoms with Gasteiger partial charge in [0, 0.05) is 58.0 Å². The molecule has 1 fully saturated rings. The molecule has 0 radical (unpaired) electrons. The Bertz CT molecular complexity index is 604. The molecular weight excluding hydrogens is 286 g/mol. The van der Waals surface area contributed by atoms with Crippen molar-refractivity contribution in [2.45, 2.75) is 6.92 Å². The molecule has 0 bridgehead atoms. The largest absolute Gasteiger partial charge is 0.353 e. The molecule has 0 atom stereocenters. The molecule has 0 amide bonds. The third-order valence-electron chi connectivity index (χ3n) is 3.42. The Morgan fingerprint density at radius 3 is 2.43 bits per heavy atom. The summed E-state index contributed by atoms with van der Waals surface area (Å²) in [5, 5.41) is 1.02. The van der Waals surface area contributed by atoms with Crippen molar-refractivity contribution in [1.29, 1.82) is 0 Å². The molecule has 0 unspecified atom stereocenters. The molecular formula is C13H19N7S. The molecule has 7 nitrogen and oxygen atoms in total. The molecule has 21 heavy (non-hydrogen) atoms. The predicted octanol–water partition coefficient (Wildman–Crippen LogP) is 1.03.